The summed E-state index contributed by atoms with van der Waals surface area (Å²) in [5.74, 6) is 0.437. The van der Waals surface area contributed by atoms with Gasteiger partial charge in [0.05, 0.1) is 12.7 Å². The van der Waals surface area contributed by atoms with Crippen molar-refractivity contribution in [2.45, 2.75) is 30.3 Å². The molecule has 1 aromatic rings. The lowest BCUT2D eigenvalue weighted by Gasteiger charge is -2.04. The van der Waals surface area contributed by atoms with E-state index < -0.39 is 6.10 Å². The maximum Gasteiger partial charge on any atom is 0.206 e. The first kappa shape index (κ1) is 12.7. The molecule has 0 amide bonds. The number of nitrogens with one attached hydrogen (secondary N) is 1. The van der Waals surface area contributed by atoms with Crippen LogP contribution in [-0.4, -0.2) is 44.9 Å². The quantitative estimate of drug-likeness (QED) is 0.647. The number of aliphatic hydroxyl groups is 2. The van der Waals surface area contributed by atoms with Gasteiger partial charge in [0.2, 0.25) is 5.13 Å². The molecule has 0 spiro atoms. The molecule has 86 valence electrons. The fraction of sp³-hybridized carbons (Fsp3) is 0.750. The molecule has 0 aliphatic heterocycles. The molecule has 0 radical (unpaired) electrons. The number of aromatic nitrogens is 2. The Morgan fingerprint density at radius 2 is 2.20 bits per heavy atom. The third kappa shape index (κ3) is 4.78. The molecule has 0 bridgehead atoms. The molecule has 0 aliphatic carbocycles. The van der Waals surface area contributed by atoms with Crippen LogP contribution in [0.2, 0.25) is 0 Å². The van der Waals surface area contributed by atoms with Gasteiger partial charge in [0.1, 0.15) is 0 Å². The Morgan fingerprint density at radius 1 is 1.47 bits per heavy atom. The van der Waals surface area contributed by atoms with Gasteiger partial charge in [-0.1, -0.05) is 23.1 Å². The molecule has 3 N–H and O–H groups in total. The molecule has 1 atom stereocenters. The molecular formula is C8H15N3O2S2. The molecule has 0 saturated heterocycles. The summed E-state index contributed by atoms with van der Waals surface area (Å²) in [6, 6.07) is 0.332. The van der Waals surface area contributed by atoms with Crippen LogP contribution >= 0.6 is 23.1 Å². The van der Waals surface area contributed by atoms with E-state index in [1.807, 2.05) is 13.8 Å². The first-order valence-corrected chi connectivity index (χ1v) is 6.43. The average molecular weight is 249 g/mol. The molecule has 0 fully saturated rings. The lowest BCUT2D eigenvalue weighted by molar-refractivity contribution is 0.113. The number of hydrogen-bond acceptors (Lipinski definition) is 7. The van der Waals surface area contributed by atoms with E-state index in [4.69, 9.17) is 10.2 Å². The van der Waals surface area contributed by atoms with Crippen molar-refractivity contribution in [1.29, 1.82) is 0 Å². The fourth-order valence-corrected chi connectivity index (χ4v) is 2.63. The molecule has 5 nitrogen and oxygen atoms in total. The minimum Gasteiger partial charge on any atom is -0.394 e. The van der Waals surface area contributed by atoms with Crippen molar-refractivity contribution in [3.05, 3.63) is 0 Å². The normalized spacial score (nSPS) is 13.1. The van der Waals surface area contributed by atoms with Crippen molar-refractivity contribution in [3.8, 4) is 0 Å². The first-order valence-electron chi connectivity index (χ1n) is 4.63. The van der Waals surface area contributed by atoms with Gasteiger partial charge in [-0.2, -0.15) is 0 Å². The number of nitrogens with zero attached hydrogens (tertiary/aromatic N) is 2. The molecular weight excluding hydrogens is 234 g/mol. The van der Waals surface area contributed by atoms with Gasteiger partial charge in [0.25, 0.3) is 0 Å². The van der Waals surface area contributed by atoms with E-state index in [-0.39, 0.29) is 6.61 Å². The van der Waals surface area contributed by atoms with E-state index in [0.717, 1.165) is 9.47 Å². The van der Waals surface area contributed by atoms with Crippen LogP contribution in [0.3, 0.4) is 0 Å². The van der Waals surface area contributed by atoms with Gasteiger partial charge in [-0.15, -0.1) is 10.2 Å². The van der Waals surface area contributed by atoms with E-state index in [1.54, 1.807) is 0 Å². The third-order valence-electron chi connectivity index (χ3n) is 1.43. The van der Waals surface area contributed by atoms with Gasteiger partial charge in [0, 0.05) is 11.8 Å². The number of aliphatic hydroxyl groups excluding tert-OH is 2. The lowest BCUT2D eigenvalue weighted by atomic mass is 10.4. The summed E-state index contributed by atoms with van der Waals surface area (Å²) < 4.78 is 0.797. The number of hydrogen-bond donors (Lipinski definition) is 3. The highest BCUT2D eigenvalue weighted by Crippen LogP contribution is 2.26. The van der Waals surface area contributed by atoms with Crippen molar-refractivity contribution in [2.24, 2.45) is 0 Å². The van der Waals surface area contributed by atoms with E-state index in [0.29, 0.717) is 11.8 Å². The topological polar surface area (TPSA) is 78.3 Å². The number of anilines is 1. The number of rotatable bonds is 6. The molecule has 0 saturated carbocycles. The van der Waals surface area contributed by atoms with Gasteiger partial charge in [-0.3, -0.25) is 0 Å². The Bertz CT molecular complexity index is 293. The summed E-state index contributed by atoms with van der Waals surface area (Å²) in [5.41, 5.74) is 0. The summed E-state index contributed by atoms with van der Waals surface area (Å²) >= 11 is 2.85. The van der Waals surface area contributed by atoms with Crippen molar-refractivity contribution < 1.29 is 10.2 Å². The third-order valence-corrected chi connectivity index (χ3v) is 3.56. The van der Waals surface area contributed by atoms with Crippen LogP contribution in [0, 0.1) is 0 Å². The van der Waals surface area contributed by atoms with Gasteiger partial charge < -0.3 is 15.5 Å². The van der Waals surface area contributed by atoms with E-state index in [1.165, 1.54) is 23.1 Å². The van der Waals surface area contributed by atoms with E-state index >= 15 is 0 Å². The summed E-state index contributed by atoms with van der Waals surface area (Å²) in [5, 5.41) is 29.6. The SMILES string of the molecule is CC(C)Nc1nnc(SCC(O)CO)s1. The van der Waals surface area contributed by atoms with Crippen molar-refractivity contribution in [2.75, 3.05) is 17.7 Å². The van der Waals surface area contributed by atoms with E-state index in [2.05, 4.69) is 15.5 Å². The van der Waals surface area contributed by atoms with Crippen LogP contribution in [-0.2, 0) is 0 Å². The Morgan fingerprint density at radius 3 is 2.80 bits per heavy atom. The highest BCUT2D eigenvalue weighted by Gasteiger charge is 2.08. The minimum absolute atomic E-state index is 0.219. The van der Waals surface area contributed by atoms with Crippen LogP contribution < -0.4 is 5.32 Å². The van der Waals surface area contributed by atoms with Crippen molar-refractivity contribution >= 4 is 28.2 Å². The average Bonchev–Trinajstić information content (AvgIpc) is 2.61. The van der Waals surface area contributed by atoms with Crippen LogP contribution in [0.1, 0.15) is 13.8 Å². The Kier molecular flexibility index (Phi) is 5.30. The van der Waals surface area contributed by atoms with Gasteiger partial charge in [-0.05, 0) is 13.8 Å². The van der Waals surface area contributed by atoms with Crippen LogP contribution in [0.25, 0.3) is 0 Å². The maximum absolute atomic E-state index is 9.14. The molecule has 0 aliphatic rings. The standard InChI is InChI=1S/C8H15N3O2S2/c1-5(2)9-7-10-11-8(15-7)14-4-6(13)3-12/h5-6,12-13H,3-4H2,1-2H3,(H,9,10). The Labute approximate surface area is 96.9 Å². The van der Waals surface area contributed by atoms with Crippen LogP contribution in [0.15, 0.2) is 4.34 Å². The zero-order valence-corrected chi connectivity index (χ0v) is 10.3. The second-order valence-corrected chi connectivity index (χ2v) is 5.56. The highest BCUT2D eigenvalue weighted by atomic mass is 32.2. The molecule has 1 rings (SSSR count). The minimum atomic E-state index is -0.694. The van der Waals surface area contributed by atoms with E-state index in [9.17, 15) is 0 Å². The predicted octanol–water partition coefficient (Wildman–Crippen LogP) is 0.804. The second-order valence-electron chi connectivity index (χ2n) is 3.32. The summed E-state index contributed by atoms with van der Waals surface area (Å²) in [7, 11) is 0. The molecule has 15 heavy (non-hydrogen) atoms. The summed E-state index contributed by atoms with van der Waals surface area (Å²) in [6.45, 7) is 3.84. The summed E-state index contributed by atoms with van der Waals surface area (Å²) in [4.78, 5) is 0. The number of thioether (sulfide) groups is 1. The largest absolute Gasteiger partial charge is 0.394 e. The van der Waals surface area contributed by atoms with Crippen LogP contribution in [0.5, 0.6) is 0 Å². The molecule has 7 heteroatoms. The Balaban J connectivity index is 2.39. The lowest BCUT2D eigenvalue weighted by Crippen LogP contribution is -2.14. The zero-order valence-electron chi connectivity index (χ0n) is 8.67. The van der Waals surface area contributed by atoms with Crippen molar-refractivity contribution in [3.63, 3.8) is 0 Å². The molecule has 0 aromatic carbocycles. The van der Waals surface area contributed by atoms with Crippen molar-refractivity contribution in [1.82, 2.24) is 10.2 Å². The Hall–Kier alpha value is -0.370. The zero-order chi connectivity index (χ0) is 11.3. The molecule has 1 unspecified atom stereocenters. The van der Waals surface area contributed by atoms with Crippen LogP contribution in [0.4, 0.5) is 5.13 Å². The smallest absolute Gasteiger partial charge is 0.206 e. The first-order chi connectivity index (χ1) is 7.11. The highest BCUT2D eigenvalue weighted by molar-refractivity contribution is 8.01. The van der Waals surface area contributed by atoms with Gasteiger partial charge in [-0.25, -0.2) is 0 Å². The van der Waals surface area contributed by atoms with Gasteiger partial charge in [0.15, 0.2) is 4.34 Å². The van der Waals surface area contributed by atoms with Gasteiger partial charge >= 0.3 is 0 Å². The maximum atomic E-state index is 9.14. The predicted molar refractivity (Wildman–Crippen MR) is 62.5 cm³/mol. The second kappa shape index (κ2) is 6.26. The molecule has 1 heterocycles. The fourth-order valence-electron chi connectivity index (χ4n) is 0.794. The summed E-state index contributed by atoms with van der Waals surface area (Å²) in [6.07, 6.45) is -0.694. The monoisotopic (exact) mass is 249 g/mol. The molecule has 1 aromatic heterocycles.